The van der Waals surface area contributed by atoms with Crippen molar-refractivity contribution in [2.45, 2.75) is 19.3 Å². The first-order valence-electron chi connectivity index (χ1n) is 5.39. The van der Waals surface area contributed by atoms with Crippen molar-refractivity contribution < 1.29 is 19.4 Å². The number of phenols is 1. The third kappa shape index (κ3) is 3.36. The zero-order chi connectivity index (χ0) is 13.5. The van der Waals surface area contributed by atoms with Crippen molar-refractivity contribution in [3.8, 4) is 17.6 Å². The van der Waals surface area contributed by atoms with E-state index in [0.717, 1.165) is 0 Å². The molecule has 0 aliphatic rings. The molecule has 0 aliphatic carbocycles. The topological polar surface area (TPSA) is 63.6 Å². The molecule has 0 fully saturated rings. The molecule has 0 amide bonds. The third-order valence-corrected chi connectivity index (χ3v) is 2.50. The zero-order valence-electron chi connectivity index (χ0n) is 10.3. The molecule has 94 valence electrons. The number of benzene rings is 1. The van der Waals surface area contributed by atoms with E-state index in [1.165, 1.54) is 19.2 Å². The highest BCUT2D eigenvalue weighted by molar-refractivity contribution is 5.79. The molecule has 1 unspecified atom stereocenters. The van der Waals surface area contributed by atoms with Crippen LogP contribution in [0.5, 0.6) is 5.75 Å². The van der Waals surface area contributed by atoms with Crippen LogP contribution in [-0.2, 0) is 9.53 Å². The van der Waals surface area contributed by atoms with Gasteiger partial charge in [0.15, 0.2) is 6.29 Å². The summed E-state index contributed by atoms with van der Waals surface area (Å²) in [5.41, 5.74) is 0.884. The lowest BCUT2D eigenvalue weighted by atomic mass is 9.94. The summed E-state index contributed by atoms with van der Waals surface area (Å²) in [6.45, 7) is 1.67. The third-order valence-electron chi connectivity index (χ3n) is 2.50. The van der Waals surface area contributed by atoms with Gasteiger partial charge in [0.05, 0.1) is 25.0 Å². The lowest BCUT2D eigenvalue weighted by molar-refractivity contribution is -0.140. The van der Waals surface area contributed by atoms with Gasteiger partial charge in [-0.05, 0) is 24.6 Å². The first-order chi connectivity index (χ1) is 8.62. The molecule has 0 spiro atoms. The van der Waals surface area contributed by atoms with Gasteiger partial charge in [-0.1, -0.05) is 12.0 Å². The van der Waals surface area contributed by atoms with E-state index in [1.54, 1.807) is 13.0 Å². The molecule has 0 radical (unpaired) electrons. The van der Waals surface area contributed by atoms with Crippen LogP contribution >= 0.6 is 0 Å². The summed E-state index contributed by atoms with van der Waals surface area (Å²) < 4.78 is 4.60. The number of ether oxygens (including phenoxy) is 1. The van der Waals surface area contributed by atoms with E-state index in [-0.39, 0.29) is 29.6 Å². The summed E-state index contributed by atoms with van der Waals surface area (Å²) in [4.78, 5) is 22.0. The number of esters is 1. The Labute approximate surface area is 106 Å². The van der Waals surface area contributed by atoms with Crippen molar-refractivity contribution in [3.63, 3.8) is 0 Å². The van der Waals surface area contributed by atoms with Crippen molar-refractivity contribution in [3.05, 3.63) is 29.3 Å². The molecule has 18 heavy (non-hydrogen) atoms. The number of aromatic hydroxyl groups is 1. The predicted molar refractivity (Wildman–Crippen MR) is 66.3 cm³/mol. The number of aldehydes is 1. The van der Waals surface area contributed by atoms with Gasteiger partial charge in [-0.2, -0.15) is 0 Å². The van der Waals surface area contributed by atoms with E-state index in [0.29, 0.717) is 11.8 Å². The second-order valence-electron chi connectivity index (χ2n) is 3.66. The summed E-state index contributed by atoms with van der Waals surface area (Å²) >= 11 is 0. The second kappa shape index (κ2) is 6.45. The summed E-state index contributed by atoms with van der Waals surface area (Å²) in [5.74, 6) is 4.82. The molecule has 0 aliphatic heterocycles. The highest BCUT2D eigenvalue weighted by atomic mass is 16.5. The Balaban J connectivity index is 3.08. The Hall–Kier alpha value is -2.28. The minimum atomic E-state index is -0.372. The Bertz CT molecular complexity index is 508. The van der Waals surface area contributed by atoms with Gasteiger partial charge in [0.2, 0.25) is 0 Å². The van der Waals surface area contributed by atoms with E-state index in [1.807, 2.05) is 0 Å². The average Bonchev–Trinajstić information content (AvgIpc) is 2.38. The fourth-order valence-corrected chi connectivity index (χ4v) is 1.56. The maximum atomic E-state index is 11.3. The minimum Gasteiger partial charge on any atom is -0.507 e. The summed E-state index contributed by atoms with van der Waals surface area (Å²) in [7, 11) is 1.31. The van der Waals surface area contributed by atoms with Crippen molar-refractivity contribution in [1.29, 1.82) is 0 Å². The molecule has 1 rings (SSSR count). The van der Waals surface area contributed by atoms with E-state index in [4.69, 9.17) is 0 Å². The van der Waals surface area contributed by atoms with E-state index >= 15 is 0 Å². The number of hydrogen-bond donors (Lipinski definition) is 1. The number of rotatable bonds is 4. The maximum absolute atomic E-state index is 11.3. The van der Waals surface area contributed by atoms with E-state index in [2.05, 4.69) is 16.6 Å². The van der Waals surface area contributed by atoms with Gasteiger partial charge in [0.1, 0.15) is 5.75 Å². The average molecular weight is 246 g/mol. The van der Waals surface area contributed by atoms with Crippen LogP contribution in [0.1, 0.15) is 35.2 Å². The van der Waals surface area contributed by atoms with Crippen LogP contribution < -0.4 is 0 Å². The second-order valence-corrected chi connectivity index (χ2v) is 3.66. The molecule has 0 heterocycles. The SMILES string of the molecule is CC#CC(CC(=O)OC)c1ccc(O)c(C=O)c1. The molecule has 4 heteroatoms. The van der Waals surface area contributed by atoms with Gasteiger partial charge in [0, 0.05) is 0 Å². The summed E-state index contributed by atoms with van der Waals surface area (Å²) in [5, 5.41) is 9.42. The largest absolute Gasteiger partial charge is 0.507 e. The van der Waals surface area contributed by atoms with Gasteiger partial charge < -0.3 is 9.84 Å². The van der Waals surface area contributed by atoms with Crippen LogP contribution in [0, 0.1) is 11.8 Å². The lowest BCUT2D eigenvalue weighted by Gasteiger charge is -2.11. The molecule has 1 atom stereocenters. The highest BCUT2D eigenvalue weighted by Crippen LogP contribution is 2.24. The molecule has 4 nitrogen and oxygen atoms in total. The minimum absolute atomic E-state index is 0.0879. The van der Waals surface area contributed by atoms with Crippen molar-refractivity contribution >= 4 is 12.3 Å². The van der Waals surface area contributed by atoms with Gasteiger partial charge in [0.25, 0.3) is 0 Å². The van der Waals surface area contributed by atoms with Crippen LogP contribution in [0.25, 0.3) is 0 Å². The molecule has 1 aromatic carbocycles. The molecule has 0 saturated carbocycles. The number of hydrogen-bond acceptors (Lipinski definition) is 4. The van der Waals surface area contributed by atoms with Crippen LogP contribution in [0.2, 0.25) is 0 Å². The molecular formula is C14H14O4. The summed E-state index contributed by atoms with van der Waals surface area (Å²) in [6.07, 6.45) is 0.674. The Morgan fingerprint density at radius 1 is 1.56 bits per heavy atom. The molecule has 0 saturated heterocycles. The van der Waals surface area contributed by atoms with Crippen molar-refractivity contribution in [2.24, 2.45) is 0 Å². The Morgan fingerprint density at radius 3 is 2.83 bits per heavy atom. The van der Waals surface area contributed by atoms with Crippen LogP contribution in [0.15, 0.2) is 18.2 Å². The van der Waals surface area contributed by atoms with Gasteiger partial charge in [-0.3, -0.25) is 9.59 Å². The van der Waals surface area contributed by atoms with Gasteiger partial charge >= 0.3 is 5.97 Å². The summed E-state index contributed by atoms with van der Waals surface area (Å²) in [6, 6.07) is 4.58. The predicted octanol–water partition coefficient (Wildman–Crippen LogP) is 1.87. The maximum Gasteiger partial charge on any atom is 0.307 e. The lowest BCUT2D eigenvalue weighted by Crippen LogP contribution is -2.07. The monoisotopic (exact) mass is 246 g/mol. The number of carbonyl (C=O) groups is 2. The number of carbonyl (C=O) groups excluding carboxylic acids is 2. The van der Waals surface area contributed by atoms with Crippen LogP contribution in [0.3, 0.4) is 0 Å². The Morgan fingerprint density at radius 2 is 2.28 bits per heavy atom. The smallest absolute Gasteiger partial charge is 0.307 e. The highest BCUT2D eigenvalue weighted by Gasteiger charge is 2.15. The molecule has 1 N–H and O–H groups in total. The quantitative estimate of drug-likeness (QED) is 0.500. The fraction of sp³-hybridized carbons (Fsp3) is 0.286. The standard InChI is InChI=1S/C14H14O4/c1-3-4-10(8-14(17)18-2)11-5-6-13(16)12(7-11)9-15/h5-7,9-10,16H,8H2,1-2H3. The van der Waals surface area contributed by atoms with Crippen molar-refractivity contribution in [1.82, 2.24) is 0 Å². The molecule has 1 aromatic rings. The van der Waals surface area contributed by atoms with Gasteiger partial charge in [-0.25, -0.2) is 0 Å². The van der Waals surface area contributed by atoms with Crippen LogP contribution in [0.4, 0.5) is 0 Å². The normalized spacial score (nSPS) is 11.0. The van der Waals surface area contributed by atoms with E-state index in [9.17, 15) is 14.7 Å². The number of methoxy groups -OCH3 is 1. The van der Waals surface area contributed by atoms with Gasteiger partial charge in [-0.15, -0.1) is 5.92 Å². The first-order valence-corrected chi connectivity index (χ1v) is 5.39. The molecule has 0 aromatic heterocycles. The zero-order valence-corrected chi connectivity index (χ0v) is 10.3. The fourth-order valence-electron chi connectivity index (χ4n) is 1.56. The first kappa shape index (κ1) is 13.8. The molecular weight excluding hydrogens is 232 g/mol. The molecule has 0 bridgehead atoms. The Kier molecular flexibility index (Phi) is 4.94. The van der Waals surface area contributed by atoms with Crippen LogP contribution in [-0.4, -0.2) is 24.5 Å². The number of phenolic OH excluding ortho intramolecular Hbond substituents is 1. The van der Waals surface area contributed by atoms with E-state index < -0.39 is 0 Å². The van der Waals surface area contributed by atoms with Crippen molar-refractivity contribution in [2.75, 3.05) is 7.11 Å².